The smallest absolute Gasteiger partial charge is 0.347 e. The van der Waals surface area contributed by atoms with Crippen LogP contribution in [-0.2, 0) is 0 Å². The minimum absolute atomic E-state index is 0.00401. The van der Waals surface area contributed by atoms with Gasteiger partial charge in [0.15, 0.2) is 4.96 Å². The van der Waals surface area contributed by atoms with Gasteiger partial charge in [0.05, 0.1) is 19.9 Å². The summed E-state index contributed by atoms with van der Waals surface area (Å²) in [7, 11) is 3.10. The highest BCUT2D eigenvalue weighted by Crippen LogP contribution is 2.25. The number of fused-ring (bicyclic) bond motifs is 1. The molecule has 2 aromatic heterocycles. The fourth-order valence-corrected chi connectivity index (χ4v) is 3.26. The maximum atomic E-state index is 12.3. The van der Waals surface area contributed by atoms with Gasteiger partial charge in [-0.3, -0.25) is 9.20 Å². The van der Waals surface area contributed by atoms with Gasteiger partial charge < -0.3 is 14.6 Å². The van der Waals surface area contributed by atoms with Gasteiger partial charge in [-0.25, -0.2) is 9.78 Å². The number of benzene rings is 1. The molecular weight excluding hydrogens is 380 g/mol. The Morgan fingerprint density at radius 2 is 1.88 bits per heavy atom. The first-order valence-corrected chi connectivity index (χ1v) is 8.48. The fraction of sp³-hybridized carbons (Fsp3) is 0.118. The Hall–Kier alpha value is -2.84. The van der Waals surface area contributed by atoms with Gasteiger partial charge in [-0.2, -0.15) is 0 Å². The molecule has 26 heavy (non-hydrogen) atoms. The number of carboxylic acid groups (broad SMARTS) is 1. The second kappa shape index (κ2) is 7.19. The molecule has 0 aliphatic heterocycles. The third-order valence-corrected chi connectivity index (χ3v) is 4.85. The zero-order valence-electron chi connectivity index (χ0n) is 13.7. The third kappa shape index (κ3) is 3.42. The van der Waals surface area contributed by atoms with E-state index in [1.165, 1.54) is 6.20 Å². The lowest BCUT2D eigenvalue weighted by Crippen LogP contribution is -2.14. The molecule has 0 bridgehead atoms. The van der Waals surface area contributed by atoms with Crippen molar-refractivity contribution in [1.82, 2.24) is 9.38 Å². The molecule has 0 fully saturated rings. The summed E-state index contributed by atoms with van der Waals surface area (Å²) in [5.74, 6) is 0.0995. The normalized spacial score (nSPS) is 11.2. The molecule has 3 rings (SSSR count). The Morgan fingerprint density at radius 3 is 2.46 bits per heavy atom. The lowest BCUT2D eigenvalue weighted by molar-refractivity contribution is 0.0701. The molecule has 0 unspecified atom stereocenters. The van der Waals surface area contributed by atoms with E-state index in [4.69, 9.17) is 26.2 Å². The standard InChI is InChI=1S/C17H13ClN2O5S/c1-24-10-5-9(6-11(7-10)25-2)3-4-12-14(18)15(21)20-8-13(16(22)23)26-17(20)19-12/h3-8H,1-2H3,(H,22,23). The molecule has 3 aromatic rings. The van der Waals surface area contributed by atoms with Gasteiger partial charge in [0.25, 0.3) is 5.56 Å². The number of rotatable bonds is 5. The highest BCUT2D eigenvalue weighted by Gasteiger charge is 2.15. The van der Waals surface area contributed by atoms with Gasteiger partial charge in [-0.1, -0.05) is 29.0 Å². The number of hydrogen-bond donors (Lipinski definition) is 1. The van der Waals surface area contributed by atoms with E-state index >= 15 is 0 Å². The van der Waals surface area contributed by atoms with Crippen LogP contribution in [0.2, 0.25) is 5.02 Å². The van der Waals surface area contributed by atoms with Crippen LogP contribution in [0.15, 0.2) is 29.2 Å². The van der Waals surface area contributed by atoms with Crippen molar-refractivity contribution in [1.29, 1.82) is 0 Å². The number of carbonyl (C=O) groups is 1. The Labute approximate surface area is 156 Å². The van der Waals surface area contributed by atoms with Crippen LogP contribution in [0, 0.1) is 0 Å². The van der Waals surface area contributed by atoms with E-state index in [0.717, 1.165) is 21.3 Å². The number of ether oxygens (including phenoxy) is 2. The zero-order valence-corrected chi connectivity index (χ0v) is 15.3. The monoisotopic (exact) mass is 392 g/mol. The SMILES string of the molecule is COc1cc(C=Cc2nc3sc(C(=O)O)cn3c(=O)c2Cl)cc(OC)c1. The van der Waals surface area contributed by atoms with Crippen LogP contribution in [0.4, 0.5) is 0 Å². The number of halogens is 1. The summed E-state index contributed by atoms with van der Waals surface area (Å²) >= 11 is 7.00. The summed E-state index contributed by atoms with van der Waals surface area (Å²) in [6, 6.07) is 5.30. The first-order chi connectivity index (χ1) is 12.4. The van der Waals surface area contributed by atoms with E-state index in [0.29, 0.717) is 11.5 Å². The maximum Gasteiger partial charge on any atom is 0.347 e. The van der Waals surface area contributed by atoms with Gasteiger partial charge in [-0.05, 0) is 23.8 Å². The molecule has 0 radical (unpaired) electrons. The van der Waals surface area contributed by atoms with Crippen LogP contribution in [0.5, 0.6) is 11.5 Å². The van der Waals surface area contributed by atoms with E-state index in [1.807, 2.05) is 0 Å². The van der Waals surface area contributed by atoms with Crippen LogP contribution in [-0.4, -0.2) is 34.7 Å². The molecule has 0 saturated carbocycles. The Bertz CT molecular complexity index is 1060. The van der Waals surface area contributed by atoms with Crippen molar-refractivity contribution in [3.8, 4) is 11.5 Å². The summed E-state index contributed by atoms with van der Waals surface area (Å²) in [6.45, 7) is 0. The highest BCUT2D eigenvalue weighted by molar-refractivity contribution is 7.18. The average Bonchev–Trinajstić information content (AvgIpc) is 3.07. The Morgan fingerprint density at radius 1 is 1.23 bits per heavy atom. The number of hydrogen-bond acceptors (Lipinski definition) is 6. The molecule has 0 spiro atoms. The minimum atomic E-state index is -1.13. The lowest BCUT2D eigenvalue weighted by Gasteiger charge is -2.06. The molecule has 0 aliphatic rings. The quantitative estimate of drug-likeness (QED) is 0.716. The van der Waals surface area contributed by atoms with Gasteiger partial charge >= 0.3 is 5.97 Å². The Balaban J connectivity index is 2.06. The van der Waals surface area contributed by atoms with Gasteiger partial charge in [0, 0.05) is 12.3 Å². The Kier molecular flexibility index (Phi) is 4.97. The predicted octanol–water partition coefficient (Wildman–Crippen LogP) is 3.30. The number of methoxy groups -OCH3 is 2. The molecule has 2 heterocycles. The first-order valence-electron chi connectivity index (χ1n) is 7.29. The molecule has 0 amide bonds. The van der Waals surface area contributed by atoms with Crippen LogP contribution < -0.4 is 15.0 Å². The third-order valence-electron chi connectivity index (χ3n) is 3.52. The summed E-state index contributed by atoms with van der Waals surface area (Å²) < 4.78 is 11.6. The molecule has 134 valence electrons. The van der Waals surface area contributed by atoms with E-state index in [2.05, 4.69) is 4.98 Å². The van der Waals surface area contributed by atoms with Crippen LogP contribution in [0.3, 0.4) is 0 Å². The van der Waals surface area contributed by atoms with Crippen molar-refractivity contribution in [2.45, 2.75) is 0 Å². The molecule has 0 aliphatic carbocycles. The largest absolute Gasteiger partial charge is 0.497 e. The molecule has 0 saturated heterocycles. The summed E-state index contributed by atoms with van der Waals surface area (Å²) in [5.41, 5.74) is 0.484. The number of thiazole rings is 1. The van der Waals surface area contributed by atoms with E-state index in [-0.39, 0.29) is 20.6 Å². The fourth-order valence-electron chi connectivity index (χ4n) is 2.25. The van der Waals surface area contributed by atoms with E-state index in [9.17, 15) is 9.59 Å². The second-order valence-electron chi connectivity index (χ2n) is 5.15. The highest BCUT2D eigenvalue weighted by atomic mass is 35.5. The van der Waals surface area contributed by atoms with E-state index < -0.39 is 11.5 Å². The zero-order chi connectivity index (χ0) is 18.8. The topological polar surface area (TPSA) is 90.1 Å². The maximum absolute atomic E-state index is 12.3. The molecule has 7 nitrogen and oxygen atoms in total. The molecular formula is C17H13ClN2O5S. The van der Waals surface area contributed by atoms with E-state index in [1.54, 1.807) is 44.6 Å². The van der Waals surface area contributed by atoms with Crippen molar-refractivity contribution in [2.75, 3.05) is 14.2 Å². The van der Waals surface area contributed by atoms with Crippen molar-refractivity contribution in [2.24, 2.45) is 0 Å². The summed E-state index contributed by atoms with van der Waals surface area (Å²) in [6.07, 6.45) is 4.50. The number of carboxylic acids is 1. The number of nitrogens with zero attached hydrogens (tertiary/aromatic N) is 2. The first kappa shape index (κ1) is 18.0. The minimum Gasteiger partial charge on any atom is -0.497 e. The molecule has 9 heteroatoms. The van der Waals surface area contributed by atoms with Crippen molar-refractivity contribution in [3.63, 3.8) is 0 Å². The second-order valence-corrected chi connectivity index (χ2v) is 6.54. The van der Waals surface area contributed by atoms with Crippen LogP contribution >= 0.6 is 22.9 Å². The van der Waals surface area contributed by atoms with Crippen molar-refractivity contribution < 1.29 is 19.4 Å². The molecule has 1 N–H and O–H groups in total. The summed E-state index contributed by atoms with van der Waals surface area (Å²) in [4.78, 5) is 27.9. The molecule has 0 atom stereocenters. The number of aromatic carboxylic acids is 1. The summed E-state index contributed by atoms with van der Waals surface area (Å²) in [5, 5.41) is 8.97. The van der Waals surface area contributed by atoms with Crippen LogP contribution in [0.1, 0.15) is 20.9 Å². The van der Waals surface area contributed by atoms with Crippen molar-refractivity contribution in [3.05, 3.63) is 55.9 Å². The predicted molar refractivity (Wildman–Crippen MR) is 99.8 cm³/mol. The van der Waals surface area contributed by atoms with Gasteiger partial charge in [-0.15, -0.1) is 0 Å². The average molecular weight is 393 g/mol. The van der Waals surface area contributed by atoms with Gasteiger partial charge in [0.2, 0.25) is 0 Å². The van der Waals surface area contributed by atoms with Gasteiger partial charge in [0.1, 0.15) is 21.4 Å². The number of aromatic nitrogens is 2. The van der Waals surface area contributed by atoms with Crippen molar-refractivity contribution >= 4 is 46.0 Å². The van der Waals surface area contributed by atoms with Crippen LogP contribution in [0.25, 0.3) is 17.1 Å². The molecule has 1 aromatic carbocycles. The lowest BCUT2D eigenvalue weighted by atomic mass is 10.1.